The zero-order valence-electron chi connectivity index (χ0n) is 13.2. The molecule has 1 heterocycles. The zero-order valence-corrected chi connectivity index (χ0v) is 13.2. The van der Waals surface area contributed by atoms with Crippen LogP contribution in [0.4, 0.5) is 0 Å². The Morgan fingerprint density at radius 3 is 2.21 bits per heavy atom. The summed E-state index contributed by atoms with van der Waals surface area (Å²) in [6, 6.07) is 0. The van der Waals surface area contributed by atoms with E-state index in [-0.39, 0.29) is 0 Å². The van der Waals surface area contributed by atoms with Crippen molar-refractivity contribution in [1.82, 2.24) is 20.2 Å². The fourth-order valence-corrected chi connectivity index (χ4v) is 2.31. The highest BCUT2D eigenvalue weighted by molar-refractivity contribution is 5.25. The molecule has 0 aliphatic heterocycles. The number of rotatable bonds is 7. The van der Waals surface area contributed by atoms with E-state index in [9.17, 15) is 0 Å². The predicted octanol–water partition coefficient (Wildman–Crippen LogP) is 1.60. The van der Waals surface area contributed by atoms with Gasteiger partial charge < -0.3 is 10.2 Å². The quantitative estimate of drug-likeness (QED) is 0.812. The Kier molecular flexibility index (Phi) is 6.38. The molecule has 0 aliphatic carbocycles. The lowest BCUT2D eigenvalue weighted by Crippen LogP contribution is -2.20. The van der Waals surface area contributed by atoms with Crippen LogP contribution in [-0.4, -0.2) is 49.1 Å². The van der Waals surface area contributed by atoms with Crippen molar-refractivity contribution in [3.8, 4) is 0 Å². The van der Waals surface area contributed by atoms with E-state index < -0.39 is 0 Å². The average Bonchev–Trinajstić information content (AvgIpc) is 2.31. The van der Waals surface area contributed by atoms with Gasteiger partial charge in [-0.1, -0.05) is 6.92 Å². The lowest BCUT2D eigenvalue weighted by Gasteiger charge is -2.16. The highest BCUT2D eigenvalue weighted by atomic mass is 15.1. The lowest BCUT2D eigenvalue weighted by atomic mass is 9.98. The monoisotopic (exact) mass is 264 g/mol. The van der Waals surface area contributed by atoms with Crippen molar-refractivity contribution >= 4 is 0 Å². The van der Waals surface area contributed by atoms with E-state index in [1.54, 1.807) is 0 Å². The minimum absolute atomic E-state index is 0.610. The van der Waals surface area contributed by atoms with Crippen LogP contribution >= 0.6 is 0 Å². The van der Waals surface area contributed by atoms with Gasteiger partial charge in [-0.15, -0.1) is 0 Å². The number of aryl methyl sites for hydroxylation is 2. The average molecular weight is 264 g/mol. The summed E-state index contributed by atoms with van der Waals surface area (Å²) in [7, 11) is 6.15. The van der Waals surface area contributed by atoms with E-state index in [0.29, 0.717) is 5.92 Å². The molecule has 1 N–H and O–H groups in total. The Hall–Kier alpha value is -1.00. The summed E-state index contributed by atoms with van der Waals surface area (Å²) in [6.07, 6.45) is 1.97. The molecule has 0 saturated heterocycles. The maximum absolute atomic E-state index is 4.66. The predicted molar refractivity (Wildman–Crippen MR) is 80.6 cm³/mol. The fraction of sp³-hybridized carbons (Fsp3) is 0.733. The van der Waals surface area contributed by atoms with Crippen molar-refractivity contribution in [2.45, 2.75) is 33.6 Å². The Morgan fingerprint density at radius 1 is 1.16 bits per heavy atom. The maximum Gasteiger partial charge on any atom is 0.130 e. The van der Waals surface area contributed by atoms with Crippen molar-refractivity contribution in [3.05, 3.63) is 22.8 Å². The molecule has 4 heteroatoms. The van der Waals surface area contributed by atoms with Gasteiger partial charge in [-0.3, -0.25) is 0 Å². The molecule has 0 aromatic carbocycles. The second-order valence-corrected chi connectivity index (χ2v) is 5.71. The molecular weight excluding hydrogens is 236 g/mol. The summed E-state index contributed by atoms with van der Waals surface area (Å²) < 4.78 is 0. The van der Waals surface area contributed by atoms with E-state index in [2.05, 4.69) is 55.1 Å². The molecule has 1 aromatic rings. The number of nitrogens with one attached hydrogen (secondary N) is 1. The number of hydrogen-bond acceptors (Lipinski definition) is 4. The molecule has 19 heavy (non-hydrogen) atoms. The third-order valence-corrected chi connectivity index (χ3v) is 3.35. The van der Waals surface area contributed by atoms with Crippen LogP contribution in [0.25, 0.3) is 0 Å². The van der Waals surface area contributed by atoms with Gasteiger partial charge in [0, 0.05) is 24.4 Å². The van der Waals surface area contributed by atoms with E-state index in [0.717, 1.165) is 43.1 Å². The Labute approximate surface area is 117 Å². The third-order valence-electron chi connectivity index (χ3n) is 3.35. The van der Waals surface area contributed by atoms with Gasteiger partial charge in [-0.2, -0.15) is 0 Å². The maximum atomic E-state index is 4.66. The van der Waals surface area contributed by atoms with E-state index >= 15 is 0 Å². The first-order chi connectivity index (χ1) is 8.93. The standard InChI is InChI=1S/C15H28N4/c1-11(10-16-4)9-14-12(2)17-15(18-13(14)3)7-8-19(5)6/h11,16H,7-10H2,1-6H3. The van der Waals surface area contributed by atoms with Gasteiger partial charge in [0.15, 0.2) is 0 Å². The molecule has 0 radical (unpaired) electrons. The van der Waals surface area contributed by atoms with E-state index in [1.807, 2.05) is 7.05 Å². The summed E-state index contributed by atoms with van der Waals surface area (Å²) >= 11 is 0. The van der Waals surface area contributed by atoms with Gasteiger partial charge in [0.1, 0.15) is 5.82 Å². The zero-order chi connectivity index (χ0) is 14.4. The second-order valence-electron chi connectivity index (χ2n) is 5.71. The first-order valence-electron chi connectivity index (χ1n) is 7.06. The van der Waals surface area contributed by atoms with Gasteiger partial charge in [0.05, 0.1) is 0 Å². The third kappa shape index (κ3) is 5.25. The molecule has 0 aliphatic rings. The Morgan fingerprint density at radius 2 is 1.74 bits per heavy atom. The van der Waals surface area contributed by atoms with Crippen molar-refractivity contribution < 1.29 is 0 Å². The van der Waals surface area contributed by atoms with E-state index in [1.165, 1.54) is 5.56 Å². The second kappa shape index (κ2) is 7.56. The van der Waals surface area contributed by atoms with Crippen LogP contribution in [0.5, 0.6) is 0 Å². The molecule has 4 nitrogen and oxygen atoms in total. The van der Waals surface area contributed by atoms with Gasteiger partial charge >= 0.3 is 0 Å². The summed E-state index contributed by atoms with van der Waals surface area (Å²) in [4.78, 5) is 11.5. The van der Waals surface area contributed by atoms with Crippen LogP contribution in [-0.2, 0) is 12.8 Å². The van der Waals surface area contributed by atoms with Crippen molar-refractivity contribution in [2.24, 2.45) is 5.92 Å². The highest BCUT2D eigenvalue weighted by Crippen LogP contribution is 2.15. The largest absolute Gasteiger partial charge is 0.319 e. The minimum Gasteiger partial charge on any atom is -0.319 e. The first kappa shape index (κ1) is 16.1. The molecule has 108 valence electrons. The van der Waals surface area contributed by atoms with Crippen LogP contribution in [0.2, 0.25) is 0 Å². The van der Waals surface area contributed by atoms with Gasteiger partial charge in [0.2, 0.25) is 0 Å². The molecule has 1 unspecified atom stereocenters. The van der Waals surface area contributed by atoms with Crippen molar-refractivity contribution in [1.29, 1.82) is 0 Å². The first-order valence-corrected chi connectivity index (χ1v) is 7.06. The summed E-state index contributed by atoms with van der Waals surface area (Å²) in [5.41, 5.74) is 3.60. The number of hydrogen-bond donors (Lipinski definition) is 1. The number of aromatic nitrogens is 2. The summed E-state index contributed by atoms with van der Waals surface area (Å²) in [6.45, 7) is 8.50. The normalized spacial score (nSPS) is 13.0. The molecule has 1 aromatic heterocycles. The summed E-state index contributed by atoms with van der Waals surface area (Å²) in [5, 5.41) is 3.22. The lowest BCUT2D eigenvalue weighted by molar-refractivity contribution is 0.409. The molecule has 0 spiro atoms. The highest BCUT2D eigenvalue weighted by Gasteiger charge is 2.12. The van der Waals surface area contributed by atoms with Crippen LogP contribution in [0.3, 0.4) is 0 Å². The molecular formula is C15H28N4. The van der Waals surface area contributed by atoms with Crippen molar-refractivity contribution in [3.63, 3.8) is 0 Å². The van der Waals surface area contributed by atoms with Crippen LogP contribution < -0.4 is 5.32 Å². The van der Waals surface area contributed by atoms with Crippen LogP contribution in [0.15, 0.2) is 0 Å². The SMILES string of the molecule is CNCC(C)Cc1c(C)nc(CCN(C)C)nc1C. The van der Waals surface area contributed by atoms with E-state index in [4.69, 9.17) is 0 Å². The number of nitrogens with zero attached hydrogens (tertiary/aromatic N) is 3. The smallest absolute Gasteiger partial charge is 0.130 e. The van der Waals surface area contributed by atoms with Crippen LogP contribution in [0.1, 0.15) is 29.7 Å². The molecule has 0 fully saturated rings. The van der Waals surface area contributed by atoms with Gasteiger partial charge in [-0.05, 0) is 59.4 Å². The van der Waals surface area contributed by atoms with Gasteiger partial charge in [-0.25, -0.2) is 9.97 Å². The molecule has 0 amide bonds. The minimum atomic E-state index is 0.610. The Balaban J connectivity index is 2.79. The molecule has 0 bridgehead atoms. The topological polar surface area (TPSA) is 41.1 Å². The fourth-order valence-electron chi connectivity index (χ4n) is 2.31. The van der Waals surface area contributed by atoms with Crippen molar-refractivity contribution in [2.75, 3.05) is 34.2 Å². The molecule has 1 atom stereocenters. The number of likely N-dealkylation sites (N-methyl/N-ethyl adjacent to an activating group) is 1. The van der Waals surface area contributed by atoms with Crippen LogP contribution in [0, 0.1) is 19.8 Å². The Bertz CT molecular complexity index is 378. The molecule has 1 rings (SSSR count). The molecule has 0 saturated carbocycles. The summed E-state index contributed by atoms with van der Waals surface area (Å²) in [5.74, 6) is 1.58. The van der Waals surface area contributed by atoms with Gasteiger partial charge in [0.25, 0.3) is 0 Å².